The predicted octanol–water partition coefficient (Wildman–Crippen LogP) is 1.43. The molecule has 2 aliphatic rings. The van der Waals surface area contributed by atoms with Crippen molar-refractivity contribution in [2.45, 2.75) is 6.18 Å². The molecule has 150 valence electrons. The van der Waals surface area contributed by atoms with Gasteiger partial charge in [0.1, 0.15) is 5.82 Å². The van der Waals surface area contributed by atoms with E-state index in [4.69, 9.17) is 17.0 Å². The van der Waals surface area contributed by atoms with E-state index < -0.39 is 11.7 Å². The summed E-state index contributed by atoms with van der Waals surface area (Å²) in [7, 11) is 0. The number of ether oxygens (including phenoxy) is 1. The lowest BCUT2D eigenvalue weighted by atomic mass is 10.2. The first-order valence-corrected chi connectivity index (χ1v) is 9.45. The van der Waals surface area contributed by atoms with Crippen LogP contribution in [0.2, 0.25) is 0 Å². The van der Waals surface area contributed by atoms with E-state index in [1.807, 2.05) is 4.90 Å². The topological polar surface area (TPSA) is 43.9 Å². The molecule has 1 aromatic heterocycles. The van der Waals surface area contributed by atoms with Gasteiger partial charge in [0, 0.05) is 58.6 Å². The van der Waals surface area contributed by atoms with Crippen LogP contribution >= 0.6 is 12.2 Å². The van der Waals surface area contributed by atoms with Crippen LogP contribution in [0.3, 0.4) is 0 Å². The number of hydrogen-bond acceptors (Lipinski definition) is 5. The van der Waals surface area contributed by atoms with Gasteiger partial charge in [0.2, 0.25) is 0 Å². The van der Waals surface area contributed by atoms with E-state index in [9.17, 15) is 13.2 Å². The number of hydrogen-bond donors (Lipinski definition) is 1. The van der Waals surface area contributed by atoms with E-state index in [1.165, 1.54) is 6.07 Å². The second kappa shape index (κ2) is 9.03. The maximum atomic E-state index is 12.6. The van der Waals surface area contributed by atoms with Crippen LogP contribution in [0.4, 0.5) is 19.0 Å². The summed E-state index contributed by atoms with van der Waals surface area (Å²) < 4.78 is 43.2. The molecule has 0 saturated carbocycles. The number of morpholine rings is 1. The molecule has 27 heavy (non-hydrogen) atoms. The Morgan fingerprint density at radius 3 is 2.41 bits per heavy atom. The molecule has 0 amide bonds. The van der Waals surface area contributed by atoms with Gasteiger partial charge < -0.3 is 19.9 Å². The highest BCUT2D eigenvalue weighted by Crippen LogP contribution is 2.29. The number of thiocarbonyl (C=S) groups is 1. The first-order chi connectivity index (χ1) is 12.9. The summed E-state index contributed by atoms with van der Waals surface area (Å²) in [5.41, 5.74) is -0.726. The Kier molecular flexibility index (Phi) is 6.72. The fourth-order valence-electron chi connectivity index (χ4n) is 3.14. The molecule has 0 aromatic carbocycles. The van der Waals surface area contributed by atoms with Crippen molar-refractivity contribution in [3.63, 3.8) is 0 Å². The smallest absolute Gasteiger partial charge is 0.379 e. The lowest BCUT2D eigenvalue weighted by molar-refractivity contribution is -0.137. The zero-order chi connectivity index (χ0) is 19.3. The van der Waals surface area contributed by atoms with E-state index in [0.717, 1.165) is 56.8 Å². The molecule has 3 heterocycles. The van der Waals surface area contributed by atoms with Gasteiger partial charge in [-0.3, -0.25) is 4.90 Å². The molecule has 0 bridgehead atoms. The molecule has 10 heteroatoms. The minimum atomic E-state index is -4.36. The molecular formula is C17H24F3N5OS. The van der Waals surface area contributed by atoms with Gasteiger partial charge in [0.15, 0.2) is 5.11 Å². The number of nitrogens with zero attached hydrogens (tertiary/aromatic N) is 4. The van der Waals surface area contributed by atoms with E-state index >= 15 is 0 Å². The minimum absolute atomic E-state index is 0.564. The zero-order valence-electron chi connectivity index (χ0n) is 15.0. The lowest BCUT2D eigenvalue weighted by Gasteiger charge is -2.37. The first kappa shape index (κ1) is 20.1. The third-order valence-electron chi connectivity index (χ3n) is 4.77. The molecule has 3 rings (SSSR count). The van der Waals surface area contributed by atoms with Crippen LogP contribution in [0, 0.1) is 0 Å². The number of nitrogens with one attached hydrogen (secondary N) is 1. The summed E-state index contributed by atoms with van der Waals surface area (Å²) in [6.45, 7) is 7.96. The standard InChI is InChI=1S/C17H24F3N5OS/c18-17(19,20)14-1-2-15(22-13-14)24-5-7-25(8-6-24)16(27)21-3-4-23-9-11-26-12-10-23/h1-2,13H,3-12H2,(H,21,27). The van der Waals surface area contributed by atoms with E-state index in [2.05, 4.69) is 20.1 Å². The van der Waals surface area contributed by atoms with Crippen molar-refractivity contribution in [3.8, 4) is 0 Å². The highest BCUT2D eigenvalue weighted by molar-refractivity contribution is 7.80. The van der Waals surface area contributed by atoms with Crippen LogP contribution in [-0.4, -0.2) is 85.5 Å². The summed E-state index contributed by atoms with van der Waals surface area (Å²) in [6.07, 6.45) is -3.47. The van der Waals surface area contributed by atoms with Crippen LogP contribution in [0.1, 0.15) is 5.56 Å². The average Bonchev–Trinajstić information content (AvgIpc) is 2.68. The normalized spacial score (nSPS) is 19.2. The molecule has 0 atom stereocenters. The van der Waals surface area contributed by atoms with Gasteiger partial charge >= 0.3 is 6.18 Å². The van der Waals surface area contributed by atoms with E-state index in [0.29, 0.717) is 32.0 Å². The van der Waals surface area contributed by atoms with E-state index in [1.54, 1.807) is 0 Å². The Bertz CT molecular complexity index is 614. The van der Waals surface area contributed by atoms with Crippen molar-refractivity contribution in [2.75, 3.05) is 70.5 Å². The Balaban J connectivity index is 1.40. The predicted molar refractivity (Wildman–Crippen MR) is 101 cm³/mol. The molecule has 2 aliphatic heterocycles. The van der Waals surface area contributed by atoms with Gasteiger partial charge in [-0.1, -0.05) is 0 Å². The number of anilines is 1. The fourth-order valence-corrected chi connectivity index (χ4v) is 3.42. The molecule has 1 aromatic rings. The van der Waals surface area contributed by atoms with Crippen molar-refractivity contribution in [1.29, 1.82) is 0 Å². The number of aromatic nitrogens is 1. The Labute approximate surface area is 162 Å². The van der Waals surface area contributed by atoms with Crippen molar-refractivity contribution < 1.29 is 17.9 Å². The summed E-state index contributed by atoms with van der Waals surface area (Å²) in [4.78, 5) is 10.4. The fraction of sp³-hybridized carbons (Fsp3) is 0.647. The summed E-state index contributed by atoms with van der Waals surface area (Å²) in [5.74, 6) is 0.564. The molecule has 1 N–H and O–H groups in total. The van der Waals surface area contributed by atoms with Gasteiger partial charge in [-0.2, -0.15) is 13.2 Å². The van der Waals surface area contributed by atoms with Crippen molar-refractivity contribution in [2.24, 2.45) is 0 Å². The maximum Gasteiger partial charge on any atom is 0.417 e. The van der Waals surface area contributed by atoms with Gasteiger partial charge in [0.05, 0.1) is 18.8 Å². The Morgan fingerprint density at radius 1 is 1.11 bits per heavy atom. The molecule has 0 radical (unpaired) electrons. The highest BCUT2D eigenvalue weighted by atomic mass is 32.1. The molecular weight excluding hydrogens is 379 g/mol. The monoisotopic (exact) mass is 403 g/mol. The van der Waals surface area contributed by atoms with Gasteiger partial charge in [-0.25, -0.2) is 4.98 Å². The molecule has 2 fully saturated rings. The molecule has 0 unspecified atom stereocenters. The highest BCUT2D eigenvalue weighted by Gasteiger charge is 2.31. The number of alkyl halides is 3. The average molecular weight is 403 g/mol. The molecule has 2 saturated heterocycles. The third-order valence-corrected chi connectivity index (χ3v) is 5.18. The van der Waals surface area contributed by atoms with Crippen LogP contribution in [-0.2, 0) is 10.9 Å². The number of pyridine rings is 1. The first-order valence-electron chi connectivity index (χ1n) is 9.04. The minimum Gasteiger partial charge on any atom is -0.379 e. The number of halogens is 3. The van der Waals surface area contributed by atoms with Gasteiger partial charge in [-0.05, 0) is 24.4 Å². The SMILES string of the molecule is FC(F)(F)c1ccc(N2CCN(C(=S)NCCN3CCOCC3)CC2)nc1. The van der Waals surface area contributed by atoms with Crippen molar-refractivity contribution in [1.82, 2.24) is 20.1 Å². The Hall–Kier alpha value is -1.65. The summed E-state index contributed by atoms with van der Waals surface area (Å²) in [6, 6.07) is 2.50. The molecule has 0 spiro atoms. The van der Waals surface area contributed by atoms with E-state index in [-0.39, 0.29) is 0 Å². The number of rotatable bonds is 4. The molecule has 6 nitrogen and oxygen atoms in total. The maximum absolute atomic E-state index is 12.6. The zero-order valence-corrected chi connectivity index (χ0v) is 15.9. The van der Waals surface area contributed by atoms with Gasteiger partial charge in [-0.15, -0.1) is 0 Å². The molecule has 0 aliphatic carbocycles. The van der Waals surface area contributed by atoms with Crippen LogP contribution in [0.5, 0.6) is 0 Å². The summed E-state index contributed by atoms with van der Waals surface area (Å²) in [5, 5.41) is 4.02. The van der Waals surface area contributed by atoms with Crippen LogP contribution in [0.25, 0.3) is 0 Å². The second-order valence-electron chi connectivity index (χ2n) is 6.56. The van der Waals surface area contributed by atoms with Crippen LogP contribution < -0.4 is 10.2 Å². The second-order valence-corrected chi connectivity index (χ2v) is 6.95. The van der Waals surface area contributed by atoms with Crippen LogP contribution in [0.15, 0.2) is 18.3 Å². The van der Waals surface area contributed by atoms with Crippen molar-refractivity contribution in [3.05, 3.63) is 23.9 Å². The quantitative estimate of drug-likeness (QED) is 0.763. The largest absolute Gasteiger partial charge is 0.417 e. The third kappa shape index (κ3) is 5.66. The summed E-state index contributed by atoms with van der Waals surface area (Å²) >= 11 is 5.47. The van der Waals surface area contributed by atoms with Gasteiger partial charge in [0.25, 0.3) is 0 Å². The lowest BCUT2D eigenvalue weighted by Crippen LogP contribution is -2.53. The number of piperazine rings is 1. The van der Waals surface area contributed by atoms with Crippen molar-refractivity contribution >= 4 is 23.1 Å². The Morgan fingerprint density at radius 2 is 1.81 bits per heavy atom.